The molecular formula is C9H14N4O2. The van der Waals surface area contributed by atoms with E-state index in [0.717, 1.165) is 0 Å². The van der Waals surface area contributed by atoms with Gasteiger partial charge in [0.15, 0.2) is 0 Å². The highest BCUT2D eigenvalue weighted by Gasteiger charge is 2.19. The first-order valence-corrected chi connectivity index (χ1v) is 4.44. The van der Waals surface area contributed by atoms with Crippen LogP contribution >= 0.6 is 0 Å². The highest BCUT2D eigenvalue weighted by molar-refractivity contribution is 5.37. The van der Waals surface area contributed by atoms with Crippen molar-refractivity contribution in [2.75, 3.05) is 20.6 Å². The first-order valence-electron chi connectivity index (χ1n) is 4.44. The minimum absolute atomic E-state index is 0.127. The zero-order valence-electron chi connectivity index (χ0n) is 8.73. The monoisotopic (exact) mass is 210 g/mol. The standard InChI is InChI=1S/C9H14N4O2/c1-12(2)4-3-7-5-9(10)11-6-8(7)13(14)15/h3-5,11H,6,10H2,1-2H3/b4-3+. The van der Waals surface area contributed by atoms with Crippen molar-refractivity contribution in [3.05, 3.63) is 45.6 Å². The summed E-state index contributed by atoms with van der Waals surface area (Å²) in [5, 5.41) is 13.4. The van der Waals surface area contributed by atoms with Crippen molar-refractivity contribution in [2.24, 2.45) is 5.73 Å². The van der Waals surface area contributed by atoms with E-state index in [2.05, 4.69) is 5.32 Å². The third-order valence-electron chi connectivity index (χ3n) is 1.88. The average Bonchev–Trinajstić information content (AvgIpc) is 2.14. The van der Waals surface area contributed by atoms with Crippen molar-refractivity contribution >= 4 is 0 Å². The van der Waals surface area contributed by atoms with Crippen molar-refractivity contribution in [1.29, 1.82) is 0 Å². The lowest BCUT2D eigenvalue weighted by Crippen LogP contribution is -2.29. The fraction of sp³-hybridized carbons (Fsp3) is 0.333. The normalized spacial score (nSPS) is 16.3. The van der Waals surface area contributed by atoms with Gasteiger partial charge in [-0.05, 0) is 18.4 Å². The summed E-state index contributed by atoms with van der Waals surface area (Å²) in [5.41, 5.74) is 6.20. The number of nitrogens with zero attached hydrogens (tertiary/aromatic N) is 2. The van der Waals surface area contributed by atoms with Gasteiger partial charge in [0.1, 0.15) is 6.54 Å². The summed E-state index contributed by atoms with van der Waals surface area (Å²) in [6.45, 7) is 0.155. The molecule has 1 aliphatic rings. The van der Waals surface area contributed by atoms with Crippen molar-refractivity contribution < 1.29 is 4.92 Å². The largest absolute Gasteiger partial charge is 0.386 e. The Balaban J connectivity index is 3.00. The van der Waals surface area contributed by atoms with E-state index in [-0.39, 0.29) is 12.2 Å². The molecule has 0 bridgehead atoms. The summed E-state index contributed by atoms with van der Waals surface area (Å²) in [4.78, 5) is 12.1. The summed E-state index contributed by atoms with van der Waals surface area (Å²) in [7, 11) is 3.69. The molecule has 3 N–H and O–H groups in total. The van der Waals surface area contributed by atoms with Crippen molar-refractivity contribution in [2.45, 2.75) is 0 Å². The third-order valence-corrected chi connectivity index (χ3v) is 1.88. The molecule has 15 heavy (non-hydrogen) atoms. The number of dihydropyridines is 1. The number of nitrogens with two attached hydrogens (primary N) is 1. The van der Waals surface area contributed by atoms with Crippen LogP contribution in [0.25, 0.3) is 0 Å². The summed E-state index contributed by atoms with van der Waals surface area (Å²) in [6, 6.07) is 0. The highest BCUT2D eigenvalue weighted by atomic mass is 16.6. The zero-order chi connectivity index (χ0) is 11.4. The van der Waals surface area contributed by atoms with Gasteiger partial charge in [0.05, 0.1) is 16.3 Å². The van der Waals surface area contributed by atoms with Crippen LogP contribution in [-0.4, -0.2) is 30.5 Å². The molecule has 0 unspecified atom stereocenters. The first kappa shape index (κ1) is 11.1. The van der Waals surface area contributed by atoms with Crippen LogP contribution < -0.4 is 11.1 Å². The van der Waals surface area contributed by atoms with E-state index in [1.54, 1.807) is 23.3 Å². The summed E-state index contributed by atoms with van der Waals surface area (Å²) >= 11 is 0. The summed E-state index contributed by atoms with van der Waals surface area (Å²) in [6.07, 6.45) is 4.97. The van der Waals surface area contributed by atoms with Crippen LogP contribution in [0.2, 0.25) is 0 Å². The lowest BCUT2D eigenvalue weighted by molar-refractivity contribution is -0.426. The molecular weight excluding hydrogens is 196 g/mol. The molecule has 0 aromatic carbocycles. The molecule has 0 spiro atoms. The van der Waals surface area contributed by atoms with E-state index < -0.39 is 4.92 Å². The maximum absolute atomic E-state index is 10.7. The minimum atomic E-state index is -0.398. The minimum Gasteiger partial charge on any atom is -0.386 e. The molecule has 1 rings (SSSR count). The van der Waals surface area contributed by atoms with Crippen molar-refractivity contribution in [3.63, 3.8) is 0 Å². The molecule has 0 saturated carbocycles. The maximum Gasteiger partial charge on any atom is 0.272 e. The van der Waals surface area contributed by atoms with Gasteiger partial charge in [0, 0.05) is 14.1 Å². The Morgan fingerprint density at radius 1 is 1.67 bits per heavy atom. The van der Waals surface area contributed by atoms with Gasteiger partial charge in [-0.2, -0.15) is 0 Å². The molecule has 0 radical (unpaired) electrons. The fourth-order valence-corrected chi connectivity index (χ4v) is 1.13. The molecule has 0 fully saturated rings. The SMILES string of the molecule is CN(C)/C=C/C1=C([N+](=O)[O-])CNC(N)=C1. The van der Waals surface area contributed by atoms with Crippen LogP contribution in [0, 0.1) is 10.1 Å². The van der Waals surface area contributed by atoms with Crippen molar-refractivity contribution in [3.8, 4) is 0 Å². The van der Waals surface area contributed by atoms with E-state index in [9.17, 15) is 10.1 Å². The number of hydrogen-bond donors (Lipinski definition) is 2. The molecule has 0 atom stereocenters. The highest BCUT2D eigenvalue weighted by Crippen LogP contribution is 2.13. The predicted molar refractivity (Wildman–Crippen MR) is 57.1 cm³/mol. The Hall–Kier alpha value is -1.98. The number of rotatable bonds is 3. The van der Waals surface area contributed by atoms with Gasteiger partial charge < -0.3 is 16.0 Å². The van der Waals surface area contributed by atoms with Gasteiger partial charge in [0.2, 0.25) is 0 Å². The molecule has 6 nitrogen and oxygen atoms in total. The Morgan fingerprint density at radius 2 is 2.33 bits per heavy atom. The number of hydrogen-bond acceptors (Lipinski definition) is 5. The molecule has 0 amide bonds. The second-order valence-corrected chi connectivity index (χ2v) is 3.39. The Bertz CT molecular complexity index is 355. The van der Waals surface area contributed by atoms with E-state index in [1.165, 1.54) is 0 Å². The van der Waals surface area contributed by atoms with Crippen LogP contribution in [0.15, 0.2) is 35.4 Å². The molecule has 0 saturated heterocycles. The van der Waals surface area contributed by atoms with Crippen LogP contribution in [0.4, 0.5) is 0 Å². The van der Waals surface area contributed by atoms with E-state index in [0.29, 0.717) is 11.4 Å². The van der Waals surface area contributed by atoms with E-state index in [1.807, 2.05) is 14.1 Å². The zero-order valence-corrected chi connectivity index (χ0v) is 8.73. The first-order chi connectivity index (χ1) is 7.00. The molecule has 1 aliphatic heterocycles. The van der Waals surface area contributed by atoms with Crippen LogP contribution in [0.1, 0.15) is 0 Å². The number of nitro groups is 1. The van der Waals surface area contributed by atoms with Gasteiger partial charge in [-0.3, -0.25) is 10.1 Å². The van der Waals surface area contributed by atoms with Gasteiger partial charge >= 0.3 is 0 Å². The van der Waals surface area contributed by atoms with Crippen LogP contribution in [0.3, 0.4) is 0 Å². The average molecular weight is 210 g/mol. The molecule has 0 aromatic rings. The molecule has 6 heteroatoms. The van der Waals surface area contributed by atoms with Crippen LogP contribution in [0.5, 0.6) is 0 Å². The lowest BCUT2D eigenvalue weighted by atomic mass is 10.1. The summed E-state index contributed by atoms with van der Waals surface area (Å²) < 4.78 is 0. The van der Waals surface area contributed by atoms with E-state index in [4.69, 9.17) is 5.73 Å². The molecule has 1 heterocycles. The molecule has 0 aliphatic carbocycles. The Kier molecular flexibility index (Phi) is 3.33. The van der Waals surface area contributed by atoms with Gasteiger partial charge in [-0.1, -0.05) is 0 Å². The summed E-state index contributed by atoms with van der Waals surface area (Å²) in [5.74, 6) is 0.444. The van der Waals surface area contributed by atoms with Crippen molar-refractivity contribution in [1.82, 2.24) is 10.2 Å². The maximum atomic E-state index is 10.7. The second-order valence-electron chi connectivity index (χ2n) is 3.39. The van der Waals surface area contributed by atoms with Gasteiger partial charge in [-0.25, -0.2) is 0 Å². The predicted octanol–water partition coefficient (Wildman–Crippen LogP) is -0.00420. The molecule has 0 aromatic heterocycles. The number of allylic oxidation sites excluding steroid dienone is 3. The lowest BCUT2D eigenvalue weighted by Gasteiger charge is -2.12. The smallest absolute Gasteiger partial charge is 0.272 e. The van der Waals surface area contributed by atoms with Crippen LogP contribution in [-0.2, 0) is 0 Å². The Morgan fingerprint density at radius 3 is 2.87 bits per heavy atom. The molecule has 82 valence electrons. The Labute approximate surface area is 87.9 Å². The third kappa shape index (κ3) is 3.01. The fourth-order valence-electron chi connectivity index (χ4n) is 1.13. The van der Waals surface area contributed by atoms with Gasteiger partial charge in [0.25, 0.3) is 5.70 Å². The second kappa shape index (κ2) is 4.50. The quantitative estimate of drug-likeness (QED) is 0.505. The van der Waals surface area contributed by atoms with E-state index >= 15 is 0 Å². The topological polar surface area (TPSA) is 84.4 Å². The number of nitrogens with one attached hydrogen (secondary N) is 1. The van der Waals surface area contributed by atoms with Gasteiger partial charge in [-0.15, -0.1) is 0 Å².